The molecular formula is C11H19FN4. The molecule has 3 N–H and O–H groups in total. The van der Waals surface area contributed by atoms with Crippen LogP contribution < -0.4 is 11.1 Å². The summed E-state index contributed by atoms with van der Waals surface area (Å²) in [4.78, 5) is 0. The van der Waals surface area contributed by atoms with Crippen LogP contribution in [0.25, 0.3) is 0 Å². The van der Waals surface area contributed by atoms with Crippen molar-refractivity contribution < 1.29 is 4.39 Å². The Hall–Kier alpha value is -0.940. The van der Waals surface area contributed by atoms with Gasteiger partial charge in [0.15, 0.2) is 0 Å². The van der Waals surface area contributed by atoms with E-state index >= 15 is 0 Å². The lowest BCUT2D eigenvalue weighted by atomic mass is 10.1. The molecule has 1 aliphatic heterocycles. The van der Waals surface area contributed by atoms with E-state index in [4.69, 9.17) is 5.73 Å². The number of nitrogens with zero attached hydrogens (tertiary/aromatic N) is 2. The average molecular weight is 226 g/mol. The van der Waals surface area contributed by atoms with Gasteiger partial charge in [-0.1, -0.05) is 0 Å². The van der Waals surface area contributed by atoms with Gasteiger partial charge in [0, 0.05) is 5.56 Å². The van der Waals surface area contributed by atoms with Crippen molar-refractivity contribution in [1.82, 2.24) is 15.1 Å². The first-order valence-corrected chi connectivity index (χ1v) is 5.95. The molecule has 0 saturated carbocycles. The molecule has 0 spiro atoms. The Labute approximate surface area is 95.0 Å². The number of aromatic nitrogens is 2. The SMILES string of the molecule is NCCCc1cnn(C2CCNCC2)c1F. The number of piperidine rings is 1. The standard InChI is InChI=1S/C11H19FN4/c12-11-9(2-1-5-13)8-15-16(11)10-3-6-14-7-4-10/h8,10,14H,1-7,13H2. The molecule has 2 rings (SSSR count). The smallest absolute Gasteiger partial charge is 0.214 e. The Morgan fingerprint density at radius 1 is 1.50 bits per heavy atom. The van der Waals surface area contributed by atoms with E-state index in [2.05, 4.69) is 10.4 Å². The molecule has 0 bridgehead atoms. The van der Waals surface area contributed by atoms with Crippen molar-refractivity contribution in [2.75, 3.05) is 19.6 Å². The number of halogens is 1. The van der Waals surface area contributed by atoms with Gasteiger partial charge < -0.3 is 11.1 Å². The lowest BCUT2D eigenvalue weighted by Gasteiger charge is -2.23. The van der Waals surface area contributed by atoms with Crippen LogP contribution in [0.5, 0.6) is 0 Å². The molecule has 1 fully saturated rings. The van der Waals surface area contributed by atoms with Crippen molar-refractivity contribution in [2.24, 2.45) is 5.73 Å². The van der Waals surface area contributed by atoms with Crippen LogP contribution in [0.3, 0.4) is 0 Å². The van der Waals surface area contributed by atoms with Crippen molar-refractivity contribution in [3.05, 3.63) is 17.7 Å². The Kier molecular flexibility index (Phi) is 3.90. The highest BCUT2D eigenvalue weighted by molar-refractivity contribution is 5.08. The normalized spacial score (nSPS) is 17.9. The third-order valence-electron chi connectivity index (χ3n) is 3.11. The molecule has 0 aliphatic carbocycles. The summed E-state index contributed by atoms with van der Waals surface area (Å²) in [5.74, 6) is -0.166. The molecule has 5 heteroatoms. The van der Waals surface area contributed by atoms with Crippen molar-refractivity contribution in [3.8, 4) is 0 Å². The van der Waals surface area contributed by atoms with Gasteiger partial charge in [-0.05, 0) is 45.3 Å². The predicted molar refractivity (Wildman–Crippen MR) is 60.7 cm³/mol. The van der Waals surface area contributed by atoms with Gasteiger partial charge in [0.25, 0.3) is 0 Å². The lowest BCUT2D eigenvalue weighted by molar-refractivity contribution is 0.302. The first kappa shape index (κ1) is 11.5. The topological polar surface area (TPSA) is 55.9 Å². The third-order valence-corrected chi connectivity index (χ3v) is 3.11. The number of hydrogen-bond acceptors (Lipinski definition) is 3. The first-order chi connectivity index (χ1) is 7.83. The van der Waals surface area contributed by atoms with Crippen LogP contribution in [0.1, 0.15) is 30.9 Å². The van der Waals surface area contributed by atoms with Gasteiger partial charge >= 0.3 is 0 Å². The fraction of sp³-hybridized carbons (Fsp3) is 0.727. The monoisotopic (exact) mass is 226 g/mol. The van der Waals surface area contributed by atoms with Gasteiger partial charge in [0.05, 0.1) is 12.2 Å². The summed E-state index contributed by atoms with van der Waals surface area (Å²) in [6, 6.07) is 0.216. The first-order valence-electron chi connectivity index (χ1n) is 5.95. The van der Waals surface area contributed by atoms with E-state index in [0.717, 1.165) is 32.4 Å². The van der Waals surface area contributed by atoms with Crippen LogP contribution in [0.4, 0.5) is 4.39 Å². The molecule has 16 heavy (non-hydrogen) atoms. The van der Waals surface area contributed by atoms with Gasteiger partial charge in [0.2, 0.25) is 5.95 Å². The lowest BCUT2D eigenvalue weighted by Crippen LogP contribution is -2.30. The highest BCUT2D eigenvalue weighted by atomic mass is 19.1. The second kappa shape index (κ2) is 5.41. The zero-order valence-electron chi connectivity index (χ0n) is 9.45. The van der Waals surface area contributed by atoms with Crippen LogP contribution >= 0.6 is 0 Å². The zero-order valence-corrected chi connectivity index (χ0v) is 9.45. The largest absolute Gasteiger partial charge is 0.330 e. The maximum absolute atomic E-state index is 14.0. The summed E-state index contributed by atoms with van der Waals surface area (Å²) in [6.45, 7) is 2.49. The number of aryl methyl sites for hydroxylation is 1. The van der Waals surface area contributed by atoms with Crippen molar-refractivity contribution in [2.45, 2.75) is 31.7 Å². The van der Waals surface area contributed by atoms with Gasteiger partial charge in [-0.25, -0.2) is 4.68 Å². The second-order valence-corrected chi connectivity index (χ2v) is 4.28. The van der Waals surface area contributed by atoms with E-state index in [1.807, 2.05) is 0 Å². The zero-order chi connectivity index (χ0) is 11.4. The average Bonchev–Trinajstić information content (AvgIpc) is 2.69. The van der Waals surface area contributed by atoms with Crippen LogP contribution in [0, 0.1) is 5.95 Å². The third kappa shape index (κ3) is 2.41. The summed E-state index contributed by atoms with van der Waals surface area (Å²) in [5, 5.41) is 7.43. The second-order valence-electron chi connectivity index (χ2n) is 4.28. The van der Waals surface area contributed by atoms with Crippen LogP contribution in [0.2, 0.25) is 0 Å². The number of rotatable bonds is 4. The maximum atomic E-state index is 14.0. The minimum absolute atomic E-state index is 0.166. The molecule has 1 saturated heterocycles. The predicted octanol–water partition coefficient (Wildman–Crippen LogP) is 0.838. The molecular weight excluding hydrogens is 207 g/mol. The summed E-state index contributed by atoms with van der Waals surface area (Å²) in [6.07, 6.45) is 5.05. The molecule has 0 aromatic carbocycles. The molecule has 1 aliphatic rings. The van der Waals surface area contributed by atoms with E-state index in [1.165, 1.54) is 0 Å². The number of nitrogens with one attached hydrogen (secondary N) is 1. The quantitative estimate of drug-likeness (QED) is 0.800. The summed E-state index contributed by atoms with van der Waals surface area (Å²) < 4.78 is 15.5. The summed E-state index contributed by atoms with van der Waals surface area (Å²) in [7, 11) is 0. The van der Waals surface area contributed by atoms with E-state index in [1.54, 1.807) is 10.9 Å². The Morgan fingerprint density at radius 3 is 2.94 bits per heavy atom. The number of nitrogens with two attached hydrogens (primary N) is 1. The van der Waals surface area contributed by atoms with Gasteiger partial charge in [-0.2, -0.15) is 9.49 Å². The molecule has 2 heterocycles. The number of hydrogen-bond donors (Lipinski definition) is 2. The summed E-state index contributed by atoms with van der Waals surface area (Å²) in [5.41, 5.74) is 6.12. The molecule has 0 radical (unpaired) electrons. The highest BCUT2D eigenvalue weighted by Gasteiger charge is 2.20. The van der Waals surface area contributed by atoms with Crippen molar-refractivity contribution in [3.63, 3.8) is 0 Å². The highest BCUT2D eigenvalue weighted by Crippen LogP contribution is 2.21. The van der Waals surface area contributed by atoms with Crippen LogP contribution in [0.15, 0.2) is 6.20 Å². The molecule has 4 nitrogen and oxygen atoms in total. The van der Waals surface area contributed by atoms with E-state index in [9.17, 15) is 4.39 Å². The Balaban J connectivity index is 2.06. The van der Waals surface area contributed by atoms with E-state index in [-0.39, 0.29) is 12.0 Å². The molecule has 0 atom stereocenters. The van der Waals surface area contributed by atoms with Gasteiger partial charge in [-0.15, -0.1) is 0 Å². The Bertz CT molecular complexity index is 331. The molecule has 1 aromatic heterocycles. The maximum Gasteiger partial charge on any atom is 0.214 e. The molecule has 0 unspecified atom stereocenters. The minimum Gasteiger partial charge on any atom is -0.330 e. The minimum atomic E-state index is -0.166. The van der Waals surface area contributed by atoms with E-state index < -0.39 is 0 Å². The fourth-order valence-electron chi connectivity index (χ4n) is 2.15. The molecule has 90 valence electrons. The van der Waals surface area contributed by atoms with Gasteiger partial charge in [0.1, 0.15) is 0 Å². The van der Waals surface area contributed by atoms with Gasteiger partial charge in [-0.3, -0.25) is 0 Å². The van der Waals surface area contributed by atoms with Crippen LogP contribution in [-0.4, -0.2) is 29.4 Å². The Morgan fingerprint density at radius 2 is 2.25 bits per heavy atom. The fourth-order valence-corrected chi connectivity index (χ4v) is 2.15. The van der Waals surface area contributed by atoms with Crippen molar-refractivity contribution in [1.29, 1.82) is 0 Å². The van der Waals surface area contributed by atoms with Crippen LogP contribution in [-0.2, 0) is 6.42 Å². The van der Waals surface area contributed by atoms with E-state index in [0.29, 0.717) is 18.5 Å². The summed E-state index contributed by atoms with van der Waals surface area (Å²) >= 11 is 0. The van der Waals surface area contributed by atoms with Crippen molar-refractivity contribution >= 4 is 0 Å². The molecule has 0 amide bonds. The molecule has 1 aromatic rings.